The first-order chi connectivity index (χ1) is 14.9. The van der Waals surface area contributed by atoms with Crippen LogP contribution in [-0.2, 0) is 4.79 Å². The molecule has 0 bridgehead atoms. The van der Waals surface area contributed by atoms with E-state index in [9.17, 15) is 14.9 Å². The lowest BCUT2D eigenvalue weighted by molar-refractivity contribution is -0.115. The van der Waals surface area contributed by atoms with E-state index in [1.165, 1.54) is 30.0 Å². The summed E-state index contributed by atoms with van der Waals surface area (Å²) in [6.45, 7) is 1.85. The number of halogens is 1. The topological polar surface area (TPSA) is 103 Å². The minimum Gasteiger partial charge on any atom is -0.478 e. The van der Waals surface area contributed by atoms with Gasteiger partial charge in [-0.25, -0.2) is 9.78 Å². The van der Waals surface area contributed by atoms with E-state index in [-0.39, 0.29) is 22.2 Å². The van der Waals surface area contributed by atoms with Gasteiger partial charge in [-0.2, -0.15) is 5.26 Å². The molecule has 8 heteroatoms. The Hall–Kier alpha value is -3.34. The molecule has 0 radical (unpaired) electrons. The number of thioether (sulfide) groups is 1. The number of amides is 1. The number of rotatable bonds is 7. The number of pyridine rings is 1. The van der Waals surface area contributed by atoms with Gasteiger partial charge in [-0.15, -0.1) is 0 Å². The van der Waals surface area contributed by atoms with Crippen molar-refractivity contribution in [1.29, 1.82) is 5.26 Å². The predicted octanol–water partition coefficient (Wildman–Crippen LogP) is 5.48. The van der Waals surface area contributed by atoms with Crippen LogP contribution in [-0.4, -0.2) is 27.2 Å². The molecule has 0 spiro atoms. The summed E-state index contributed by atoms with van der Waals surface area (Å²) in [6, 6.07) is 19.2. The van der Waals surface area contributed by atoms with Crippen molar-refractivity contribution < 1.29 is 14.7 Å². The number of nitrogens with one attached hydrogen (secondary N) is 1. The van der Waals surface area contributed by atoms with E-state index in [1.54, 1.807) is 12.1 Å². The second-order valence-corrected chi connectivity index (χ2v) is 8.13. The molecule has 1 amide bonds. The Kier molecular flexibility index (Phi) is 7.29. The lowest BCUT2D eigenvalue weighted by atomic mass is 10.1. The average molecular weight is 452 g/mol. The normalized spacial score (nSPS) is 11.4. The first-order valence-electron chi connectivity index (χ1n) is 9.39. The predicted molar refractivity (Wildman–Crippen MR) is 121 cm³/mol. The van der Waals surface area contributed by atoms with Gasteiger partial charge in [0.1, 0.15) is 11.1 Å². The van der Waals surface area contributed by atoms with E-state index in [1.807, 2.05) is 37.3 Å². The van der Waals surface area contributed by atoms with E-state index < -0.39 is 11.2 Å². The number of aromatic carboxylic acids is 1. The molecule has 1 unspecified atom stereocenters. The largest absolute Gasteiger partial charge is 0.478 e. The summed E-state index contributed by atoms with van der Waals surface area (Å²) >= 11 is 7.31. The van der Waals surface area contributed by atoms with E-state index in [0.717, 1.165) is 5.56 Å². The first-order valence-corrected chi connectivity index (χ1v) is 10.7. The smallest absolute Gasteiger partial charge is 0.335 e. The Morgan fingerprint density at radius 2 is 1.94 bits per heavy atom. The molecule has 0 saturated carbocycles. The van der Waals surface area contributed by atoms with Gasteiger partial charge in [0.2, 0.25) is 5.91 Å². The van der Waals surface area contributed by atoms with Crippen LogP contribution in [0.5, 0.6) is 0 Å². The molecular weight excluding hydrogens is 434 g/mol. The number of carbonyl (C=O) groups excluding carboxylic acids is 1. The number of anilines is 1. The Bertz CT molecular complexity index is 1160. The summed E-state index contributed by atoms with van der Waals surface area (Å²) in [6.07, 6.45) is 0.467. The van der Waals surface area contributed by atoms with Crippen LogP contribution < -0.4 is 5.32 Å². The maximum atomic E-state index is 12.9. The van der Waals surface area contributed by atoms with Crippen molar-refractivity contribution in [2.45, 2.75) is 23.6 Å². The third-order valence-electron chi connectivity index (χ3n) is 4.44. The maximum Gasteiger partial charge on any atom is 0.335 e. The molecule has 2 aromatic carbocycles. The second kappa shape index (κ2) is 10.1. The third kappa shape index (κ3) is 5.43. The molecule has 6 nitrogen and oxygen atoms in total. The van der Waals surface area contributed by atoms with Crippen molar-refractivity contribution in [3.8, 4) is 17.3 Å². The molecule has 1 aromatic heterocycles. The lowest BCUT2D eigenvalue weighted by Crippen LogP contribution is -2.25. The fraction of sp³-hybridized carbons (Fsp3) is 0.130. The molecule has 3 aromatic rings. The zero-order valence-electron chi connectivity index (χ0n) is 16.5. The Labute approximate surface area is 188 Å². The molecule has 156 valence electrons. The van der Waals surface area contributed by atoms with Gasteiger partial charge < -0.3 is 10.4 Å². The summed E-state index contributed by atoms with van der Waals surface area (Å²) < 4.78 is 0. The summed E-state index contributed by atoms with van der Waals surface area (Å²) in [5.41, 5.74) is 2.22. The van der Waals surface area contributed by atoms with Crippen molar-refractivity contribution in [2.24, 2.45) is 0 Å². The standard InChI is InChI=1S/C23H18ClN3O3S/c1-2-20(21(28)26-19-12-15(23(29)30)8-10-17(19)24)31-22-16(13-25)9-11-18(27-22)14-6-4-3-5-7-14/h3-12,20H,2H2,1H3,(H,26,28)(H,29,30). The highest BCUT2D eigenvalue weighted by molar-refractivity contribution is 8.00. The average Bonchev–Trinajstić information content (AvgIpc) is 2.79. The van der Waals surface area contributed by atoms with Crippen LogP contribution in [0, 0.1) is 11.3 Å². The molecule has 3 rings (SSSR count). The highest BCUT2D eigenvalue weighted by Crippen LogP contribution is 2.31. The number of nitrogens with zero attached hydrogens (tertiary/aromatic N) is 2. The number of aromatic nitrogens is 1. The van der Waals surface area contributed by atoms with Gasteiger partial charge in [0, 0.05) is 5.56 Å². The van der Waals surface area contributed by atoms with Gasteiger partial charge in [-0.05, 0) is 36.8 Å². The van der Waals surface area contributed by atoms with E-state index in [4.69, 9.17) is 16.7 Å². The molecule has 0 aliphatic rings. The number of carbonyl (C=O) groups is 2. The van der Waals surface area contributed by atoms with E-state index in [0.29, 0.717) is 22.7 Å². The van der Waals surface area contributed by atoms with Gasteiger partial charge in [0.05, 0.1) is 32.8 Å². The van der Waals surface area contributed by atoms with Crippen molar-refractivity contribution in [3.05, 3.63) is 76.8 Å². The number of benzene rings is 2. The van der Waals surface area contributed by atoms with Gasteiger partial charge in [0.25, 0.3) is 0 Å². The van der Waals surface area contributed by atoms with Crippen LogP contribution in [0.3, 0.4) is 0 Å². The first kappa shape index (κ1) is 22.3. The lowest BCUT2D eigenvalue weighted by Gasteiger charge is -2.16. The van der Waals surface area contributed by atoms with Crippen LogP contribution in [0.1, 0.15) is 29.3 Å². The van der Waals surface area contributed by atoms with Gasteiger partial charge in [-0.1, -0.05) is 60.6 Å². The third-order valence-corrected chi connectivity index (χ3v) is 6.13. The number of carboxylic acid groups (broad SMARTS) is 1. The highest BCUT2D eigenvalue weighted by Gasteiger charge is 2.22. The highest BCUT2D eigenvalue weighted by atomic mass is 35.5. The number of carboxylic acids is 1. The van der Waals surface area contributed by atoms with Crippen LogP contribution in [0.4, 0.5) is 5.69 Å². The summed E-state index contributed by atoms with van der Waals surface area (Å²) in [5, 5.41) is 21.5. The minimum absolute atomic E-state index is 0.0180. The van der Waals surface area contributed by atoms with Crippen molar-refractivity contribution in [3.63, 3.8) is 0 Å². The Balaban J connectivity index is 1.85. The number of nitriles is 1. The van der Waals surface area contributed by atoms with Crippen LogP contribution in [0.2, 0.25) is 5.02 Å². The van der Waals surface area contributed by atoms with Gasteiger partial charge >= 0.3 is 5.97 Å². The summed E-state index contributed by atoms with van der Waals surface area (Å²) in [7, 11) is 0. The van der Waals surface area contributed by atoms with E-state index in [2.05, 4.69) is 16.4 Å². The zero-order chi connectivity index (χ0) is 22.4. The fourth-order valence-corrected chi connectivity index (χ4v) is 3.97. The molecular formula is C23H18ClN3O3S. The maximum absolute atomic E-state index is 12.9. The molecule has 0 saturated heterocycles. The molecule has 2 N–H and O–H groups in total. The van der Waals surface area contributed by atoms with Crippen molar-refractivity contribution >= 4 is 40.9 Å². The second-order valence-electron chi connectivity index (χ2n) is 6.53. The summed E-state index contributed by atoms with van der Waals surface area (Å²) in [5.74, 6) is -1.47. The molecule has 0 fully saturated rings. The zero-order valence-corrected chi connectivity index (χ0v) is 18.1. The Morgan fingerprint density at radius 3 is 2.58 bits per heavy atom. The molecule has 1 atom stereocenters. The van der Waals surface area contributed by atoms with E-state index >= 15 is 0 Å². The number of hydrogen-bond acceptors (Lipinski definition) is 5. The summed E-state index contributed by atoms with van der Waals surface area (Å²) in [4.78, 5) is 28.7. The van der Waals surface area contributed by atoms with Crippen molar-refractivity contribution in [1.82, 2.24) is 4.98 Å². The Morgan fingerprint density at radius 1 is 1.19 bits per heavy atom. The monoisotopic (exact) mass is 451 g/mol. The quantitative estimate of drug-likeness (QED) is 0.461. The van der Waals surface area contributed by atoms with Gasteiger partial charge in [-0.3, -0.25) is 4.79 Å². The molecule has 0 aliphatic carbocycles. The molecule has 1 heterocycles. The van der Waals surface area contributed by atoms with Crippen molar-refractivity contribution in [2.75, 3.05) is 5.32 Å². The van der Waals surface area contributed by atoms with Crippen LogP contribution in [0.15, 0.2) is 65.7 Å². The molecule has 31 heavy (non-hydrogen) atoms. The fourth-order valence-electron chi connectivity index (χ4n) is 2.81. The van der Waals surface area contributed by atoms with Crippen LogP contribution >= 0.6 is 23.4 Å². The minimum atomic E-state index is -1.12. The molecule has 0 aliphatic heterocycles. The number of hydrogen-bond donors (Lipinski definition) is 2. The van der Waals surface area contributed by atoms with Crippen LogP contribution in [0.25, 0.3) is 11.3 Å². The SMILES string of the molecule is CCC(Sc1nc(-c2ccccc2)ccc1C#N)C(=O)Nc1cc(C(=O)O)ccc1Cl. The van der Waals surface area contributed by atoms with Gasteiger partial charge in [0.15, 0.2) is 0 Å².